The van der Waals surface area contributed by atoms with Crippen molar-refractivity contribution in [3.05, 3.63) is 79.1 Å². The molecule has 1 aliphatic heterocycles. The van der Waals surface area contributed by atoms with Gasteiger partial charge < -0.3 is 19.5 Å². The molecule has 1 aliphatic rings. The molecule has 4 aromatic rings. The number of aryl methyl sites for hydroxylation is 1. The minimum absolute atomic E-state index is 0.149. The maximum absolute atomic E-state index is 12.6. The zero-order chi connectivity index (χ0) is 21.9. The van der Waals surface area contributed by atoms with Gasteiger partial charge in [-0.2, -0.15) is 0 Å². The highest BCUT2D eigenvalue weighted by Gasteiger charge is 2.27. The molecule has 1 atom stereocenters. The van der Waals surface area contributed by atoms with Crippen LogP contribution >= 0.6 is 0 Å². The van der Waals surface area contributed by atoms with E-state index in [0.29, 0.717) is 34.6 Å². The molecule has 0 saturated carbocycles. The largest absolute Gasteiger partial charge is 0.485 e. The maximum atomic E-state index is 12.6. The summed E-state index contributed by atoms with van der Waals surface area (Å²) in [7, 11) is 0. The summed E-state index contributed by atoms with van der Waals surface area (Å²) in [6.45, 7) is 2.04. The Morgan fingerprint density at radius 1 is 1.09 bits per heavy atom. The predicted octanol–water partition coefficient (Wildman–Crippen LogP) is 3.54. The van der Waals surface area contributed by atoms with E-state index in [1.165, 1.54) is 6.33 Å². The van der Waals surface area contributed by atoms with Crippen LogP contribution in [0.4, 0.5) is 5.69 Å². The lowest BCUT2D eigenvalue weighted by Gasteiger charge is -2.25. The molecule has 2 aromatic carbocycles. The van der Waals surface area contributed by atoms with E-state index in [2.05, 4.69) is 20.3 Å². The number of para-hydroxylation sites is 2. The molecule has 3 heterocycles. The number of carbonyl (C=O) groups excluding carboxylic acids is 1. The number of aromatic nitrogens is 4. The second-order valence-electron chi connectivity index (χ2n) is 7.04. The van der Waals surface area contributed by atoms with Crippen molar-refractivity contribution in [3.8, 4) is 28.9 Å². The molecule has 32 heavy (non-hydrogen) atoms. The van der Waals surface area contributed by atoms with Crippen LogP contribution in [0.25, 0.3) is 5.82 Å². The van der Waals surface area contributed by atoms with E-state index in [4.69, 9.17) is 14.2 Å². The van der Waals surface area contributed by atoms with Crippen LogP contribution in [0, 0.1) is 6.92 Å². The Bertz CT molecular complexity index is 1260. The average Bonchev–Trinajstić information content (AvgIpc) is 3.26. The second kappa shape index (κ2) is 8.38. The van der Waals surface area contributed by atoms with Gasteiger partial charge in [0.15, 0.2) is 11.5 Å². The molecule has 1 unspecified atom stereocenters. The first-order chi connectivity index (χ1) is 15.7. The third-order valence-corrected chi connectivity index (χ3v) is 4.85. The summed E-state index contributed by atoms with van der Waals surface area (Å²) >= 11 is 0. The summed E-state index contributed by atoms with van der Waals surface area (Å²) in [4.78, 5) is 25.2. The standard InChI is InChI=1S/C23H19N5O4/c1-15-24-10-11-28(15)21-12-22(26-14-25-21)31-17-8-6-16(7-9-17)27-23(29)20-13-30-18-4-2-3-5-19(18)32-20/h2-12,14,20H,13H2,1H3,(H,27,29). The zero-order valence-electron chi connectivity index (χ0n) is 17.1. The molecular weight excluding hydrogens is 410 g/mol. The molecule has 9 heteroatoms. The van der Waals surface area contributed by atoms with Gasteiger partial charge in [-0.3, -0.25) is 9.36 Å². The summed E-state index contributed by atoms with van der Waals surface area (Å²) in [5.74, 6) is 3.33. The number of ether oxygens (including phenoxy) is 3. The number of anilines is 1. The summed E-state index contributed by atoms with van der Waals surface area (Å²) in [6, 6.07) is 16.0. The van der Waals surface area contributed by atoms with Crippen molar-refractivity contribution in [2.45, 2.75) is 13.0 Å². The first-order valence-corrected chi connectivity index (χ1v) is 9.95. The zero-order valence-corrected chi connectivity index (χ0v) is 17.1. The number of nitrogens with one attached hydrogen (secondary N) is 1. The Balaban J connectivity index is 1.22. The van der Waals surface area contributed by atoms with Gasteiger partial charge in [-0.25, -0.2) is 15.0 Å². The summed E-state index contributed by atoms with van der Waals surface area (Å²) in [5.41, 5.74) is 0.613. The van der Waals surface area contributed by atoms with Crippen molar-refractivity contribution in [2.75, 3.05) is 11.9 Å². The number of imidazole rings is 1. The Kier molecular flexibility index (Phi) is 5.12. The van der Waals surface area contributed by atoms with E-state index in [-0.39, 0.29) is 12.5 Å². The highest BCUT2D eigenvalue weighted by molar-refractivity contribution is 5.94. The van der Waals surface area contributed by atoms with Crippen molar-refractivity contribution in [3.63, 3.8) is 0 Å². The highest BCUT2D eigenvalue weighted by Crippen LogP contribution is 2.31. The van der Waals surface area contributed by atoms with E-state index >= 15 is 0 Å². The van der Waals surface area contributed by atoms with E-state index < -0.39 is 6.10 Å². The Labute approximate surface area is 183 Å². The fourth-order valence-electron chi connectivity index (χ4n) is 3.24. The fourth-order valence-corrected chi connectivity index (χ4v) is 3.24. The van der Waals surface area contributed by atoms with Gasteiger partial charge in [-0.1, -0.05) is 12.1 Å². The van der Waals surface area contributed by atoms with Crippen LogP contribution < -0.4 is 19.5 Å². The van der Waals surface area contributed by atoms with Crippen LogP contribution in [0.3, 0.4) is 0 Å². The topological polar surface area (TPSA) is 100 Å². The minimum atomic E-state index is -0.730. The van der Waals surface area contributed by atoms with Gasteiger partial charge in [0, 0.05) is 24.1 Å². The molecule has 0 bridgehead atoms. The SMILES string of the molecule is Cc1nccn1-c1cc(Oc2ccc(NC(=O)C3COc4ccccc4O3)cc2)ncn1. The molecule has 1 amide bonds. The molecule has 0 spiro atoms. The maximum Gasteiger partial charge on any atom is 0.269 e. The number of fused-ring (bicyclic) bond motifs is 1. The van der Waals surface area contributed by atoms with E-state index in [0.717, 1.165) is 5.82 Å². The Hall–Kier alpha value is -4.40. The average molecular weight is 429 g/mol. The molecule has 0 saturated heterocycles. The number of amides is 1. The molecule has 0 radical (unpaired) electrons. The molecule has 160 valence electrons. The van der Waals surface area contributed by atoms with Crippen molar-refractivity contribution >= 4 is 11.6 Å². The lowest BCUT2D eigenvalue weighted by atomic mass is 10.2. The van der Waals surface area contributed by atoms with Crippen LogP contribution in [0.5, 0.6) is 23.1 Å². The van der Waals surface area contributed by atoms with Crippen molar-refractivity contribution < 1.29 is 19.0 Å². The first-order valence-electron chi connectivity index (χ1n) is 9.95. The minimum Gasteiger partial charge on any atom is -0.485 e. The number of benzene rings is 2. The molecule has 0 fully saturated rings. The fraction of sp³-hybridized carbons (Fsp3) is 0.130. The van der Waals surface area contributed by atoms with Crippen LogP contribution in [-0.4, -0.2) is 38.1 Å². The van der Waals surface area contributed by atoms with E-state index in [1.54, 1.807) is 48.7 Å². The van der Waals surface area contributed by atoms with Gasteiger partial charge in [-0.05, 0) is 43.3 Å². The Morgan fingerprint density at radius 3 is 2.69 bits per heavy atom. The number of rotatable bonds is 5. The molecule has 1 N–H and O–H groups in total. The predicted molar refractivity (Wildman–Crippen MR) is 115 cm³/mol. The van der Waals surface area contributed by atoms with Gasteiger partial charge in [-0.15, -0.1) is 0 Å². The van der Waals surface area contributed by atoms with Crippen molar-refractivity contribution in [1.29, 1.82) is 0 Å². The van der Waals surface area contributed by atoms with Gasteiger partial charge in [0.1, 0.15) is 30.3 Å². The van der Waals surface area contributed by atoms with Crippen molar-refractivity contribution in [1.82, 2.24) is 19.5 Å². The molecule has 5 rings (SSSR count). The highest BCUT2D eigenvalue weighted by atomic mass is 16.6. The lowest BCUT2D eigenvalue weighted by molar-refractivity contribution is -0.125. The second-order valence-corrected chi connectivity index (χ2v) is 7.04. The number of hydrogen-bond acceptors (Lipinski definition) is 7. The summed E-state index contributed by atoms with van der Waals surface area (Å²) in [5, 5.41) is 2.83. The molecular formula is C23H19N5O4. The van der Waals surface area contributed by atoms with Crippen molar-refractivity contribution in [2.24, 2.45) is 0 Å². The van der Waals surface area contributed by atoms with Gasteiger partial charge >= 0.3 is 0 Å². The molecule has 9 nitrogen and oxygen atoms in total. The quantitative estimate of drug-likeness (QED) is 0.518. The number of hydrogen-bond donors (Lipinski definition) is 1. The number of carbonyl (C=O) groups is 1. The third kappa shape index (κ3) is 4.08. The van der Waals surface area contributed by atoms with Crippen LogP contribution in [0.15, 0.2) is 73.3 Å². The smallest absolute Gasteiger partial charge is 0.269 e. The molecule has 0 aliphatic carbocycles. The third-order valence-electron chi connectivity index (χ3n) is 4.85. The lowest BCUT2D eigenvalue weighted by Crippen LogP contribution is -2.40. The summed E-state index contributed by atoms with van der Waals surface area (Å²) < 4.78 is 19.0. The van der Waals surface area contributed by atoms with E-state index in [9.17, 15) is 4.79 Å². The molecule has 2 aromatic heterocycles. The van der Waals surface area contributed by atoms with Gasteiger partial charge in [0.25, 0.3) is 5.91 Å². The van der Waals surface area contributed by atoms with Crippen LogP contribution in [-0.2, 0) is 4.79 Å². The van der Waals surface area contributed by atoms with Gasteiger partial charge in [0.05, 0.1) is 0 Å². The first kappa shape index (κ1) is 19.6. The monoisotopic (exact) mass is 429 g/mol. The normalized spacial score (nSPS) is 14.6. The van der Waals surface area contributed by atoms with Gasteiger partial charge in [0.2, 0.25) is 12.0 Å². The Morgan fingerprint density at radius 2 is 1.91 bits per heavy atom. The number of nitrogens with zero attached hydrogens (tertiary/aromatic N) is 4. The van der Waals surface area contributed by atoms with Crippen LogP contribution in [0.2, 0.25) is 0 Å². The van der Waals surface area contributed by atoms with Crippen LogP contribution in [0.1, 0.15) is 5.82 Å². The summed E-state index contributed by atoms with van der Waals surface area (Å²) in [6.07, 6.45) is 4.22. The van der Waals surface area contributed by atoms with E-state index in [1.807, 2.05) is 29.8 Å².